The molecule has 0 saturated carbocycles. The Morgan fingerprint density at radius 3 is 2.61 bits per heavy atom. The highest BCUT2D eigenvalue weighted by atomic mass is 16.5. The van der Waals surface area contributed by atoms with Gasteiger partial charge in [-0.2, -0.15) is 0 Å². The summed E-state index contributed by atoms with van der Waals surface area (Å²) in [5, 5.41) is 3.60. The summed E-state index contributed by atoms with van der Waals surface area (Å²) >= 11 is 0. The quantitative estimate of drug-likeness (QED) is 0.596. The molecule has 0 aliphatic carbocycles. The van der Waals surface area contributed by atoms with Gasteiger partial charge in [0.2, 0.25) is 0 Å². The zero-order valence-corrected chi connectivity index (χ0v) is 14.8. The number of guanidine groups is 1. The number of hydrogen-bond acceptors (Lipinski definition) is 4. The third-order valence-electron chi connectivity index (χ3n) is 5.59. The van der Waals surface area contributed by atoms with Crippen molar-refractivity contribution in [1.29, 1.82) is 0 Å². The molecule has 23 heavy (non-hydrogen) atoms. The number of rotatable bonds is 4. The Bertz CT molecular complexity index is 388. The molecule has 0 aromatic heterocycles. The monoisotopic (exact) mass is 323 g/mol. The van der Waals surface area contributed by atoms with E-state index in [2.05, 4.69) is 32.1 Å². The molecule has 0 aromatic carbocycles. The van der Waals surface area contributed by atoms with Gasteiger partial charge in [-0.3, -0.25) is 9.89 Å². The van der Waals surface area contributed by atoms with Crippen LogP contribution in [0.3, 0.4) is 0 Å². The molecule has 3 fully saturated rings. The number of hydrogen-bond donors (Lipinski definition) is 1. The van der Waals surface area contributed by atoms with Crippen molar-refractivity contribution in [3.8, 4) is 0 Å². The Labute approximate surface area is 140 Å². The van der Waals surface area contributed by atoms with Crippen LogP contribution < -0.4 is 5.32 Å². The van der Waals surface area contributed by atoms with E-state index in [0.717, 1.165) is 57.8 Å². The smallest absolute Gasteiger partial charge is 0.193 e. The predicted molar refractivity (Wildman–Crippen MR) is 94.0 cm³/mol. The summed E-state index contributed by atoms with van der Waals surface area (Å²) in [6, 6.07) is 0.662. The maximum Gasteiger partial charge on any atom is 0.193 e. The Morgan fingerprint density at radius 1 is 1.17 bits per heavy atom. The van der Waals surface area contributed by atoms with Gasteiger partial charge in [0, 0.05) is 59.0 Å². The van der Waals surface area contributed by atoms with Crippen LogP contribution in [0.5, 0.6) is 0 Å². The Balaban J connectivity index is 1.40. The summed E-state index contributed by atoms with van der Waals surface area (Å²) in [5.74, 6) is 1.83. The van der Waals surface area contributed by atoms with E-state index in [1.165, 1.54) is 32.4 Å². The number of aliphatic imine (C=N–C) groups is 1. The van der Waals surface area contributed by atoms with E-state index >= 15 is 0 Å². The standard InChI is InChI=1S/C17H33N5O/c1-18-17(19-12-16-4-3-6-20(16)2)22-9-7-21(8-10-22)13-15-5-11-23-14-15/h15-16H,3-14H2,1-2H3,(H,18,19). The van der Waals surface area contributed by atoms with Gasteiger partial charge in [0.15, 0.2) is 5.96 Å². The van der Waals surface area contributed by atoms with Crippen molar-refractivity contribution < 1.29 is 4.74 Å². The molecule has 0 radical (unpaired) electrons. The highest BCUT2D eigenvalue weighted by Crippen LogP contribution is 2.16. The minimum atomic E-state index is 0.662. The van der Waals surface area contributed by atoms with Crippen LogP contribution >= 0.6 is 0 Å². The number of nitrogens with zero attached hydrogens (tertiary/aromatic N) is 4. The van der Waals surface area contributed by atoms with Crippen molar-refractivity contribution >= 4 is 5.96 Å². The summed E-state index contributed by atoms with van der Waals surface area (Å²) in [6.45, 7) is 9.79. The molecule has 3 aliphatic heterocycles. The van der Waals surface area contributed by atoms with E-state index < -0.39 is 0 Å². The second-order valence-corrected chi connectivity index (χ2v) is 7.22. The molecule has 0 bridgehead atoms. The fourth-order valence-corrected chi connectivity index (χ4v) is 4.01. The average Bonchev–Trinajstić information content (AvgIpc) is 3.21. The molecule has 3 heterocycles. The molecular weight excluding hydrogens is 290 g/mol. The van der Waals surface area contributed by atoms with Crippen LogP contribution in [-0.4, -0.2) is 99.8 Å². The zero-order chi connectivity index (χ0) is 16.1. The van der Waals surface area contributed by atoms with Gasteiger partial charge in [-0.25, -0.2) is 0 Å². The second-order valence-electron chi connectivity index (χ2n) is 7.22. The lowest BCUT2D eigenvalue weighted by molar-refractivity contribution is 0.139. The molecule has 3 rings (SSSR count). The first-order valence-electron chi connectivity index (χ1n) is 9.22. The minimum absolute atomic E-state index is 0.662. The van der Waals surface area contributed by atoms with E-state index in [9.17, 15) is 0 Å². The third kappa shape index (κ3) is 4.58. The summed E-state index contributed by atoms with van der Waals surface area (Å²) < 4.78 is 5.49. The van der Waals surface area contributed by atoms with Crippen molar-refractivity contribution in [2.75, 3.05) is 73.1 Å². The SMILES string of the molecule is CN=C(NCC1CCCN1C)N1CCN(CC2CCOC2)CC1. The van der Waals surface area contributed by atoms with E-state index in [1.807, 2.05) is 7.05 Å². The van der Waals surface area contributed by atoms with Crippen molar-refractivity contribution in [2.45, 2.75) is 25.3 Å². The van der Waals surface area contributed by atoms with Gasteiger partial charge in [0.05, 0.1) is 6.61 Å². The Hall–Kier alpha value is -0.850. The highest BCUT2D eigenvalue weighted by Gasteiger charge is 2.25. The van der Waals surface area contributed by atoms with Crippen LogP contribution in [0.2, 0.25) is 0 Å². The summed E-state index contributed by atoms with van der Waals surface area (Å²) in [7, 11) is 4.14. The third-order valence-corrected chi connectivity index (χ3v) is 5.59. The minimum Gasteiger partial charge on any atom is -0.381 e. The van der Waals surface area contributed by atoms with Gasteiger partial charge in [0.25, 0.3) is 0 Å². The zero-order valence-electron chi connectivity index (χ0n) is 14.8. The molecule has 2 unspecified atom stereocenters. The van der Waals surface area contributed by atoms with E-state index in [-0.39, 0.29) is 0 Å². The van der Waals surface area contributed by atoms with E-state index in [1.54, 1.807) is 0 Å². The number of piperazine rings is 1. The molecule has 3 aliphatic rings. The molecule has 6 nitrogen and oxygen atoms in total. The van der Waals surface area contributed by atoms with Crippen molar-refractivity contribution in [2.24, 2.45) is 10.9 Å². The summed E-state index contributed by atoms with van der Waals surface area (Å²) in [6.07, 6.45) is 3.86. The lowest BCUT2D eigenvalue weighted by Gasteiger charge is -2.37. The first-order chi connectivity index (χ1) is 11.3. The van der Waals surface area contributed by atoms with Crippen LogP contribution in [0.4, 0.5) is 0 Å². The average molecular weight is 323 g/mol. The predicted octanol–water partition coefficient (Wildman–Crippen LogP) is 0.310. The van der Waals surface area contributed by atoms with E-state index in [0.29, 0.717) is 6.04 Å². The molecule has 0 aromatic rings. The second kappa shape index (κ2) is 8.31. The van der Waals surface area contributed by atoms with Gasteiger partial charge < -0.3 is 19.9 Å². The molecule has 1 N–H and O–H groups in total. The van der Waals surface area contributed by atoms with Crippen LogP contribution in [0, 0.1) is 5.92 Å². The van der Waals surface area contributed by atoms with Crippen molar-refractivity contribution in [1.82, 2.24) is 20.0 Å². The molecule has 132 valence electrons. The van der Waals surface area contributed by atoms with Gasteiger partial charge in [-0.1, -0.05) is 0 Å². The fraction of sp³-hybridized carbons (Fsp3) is 0.941. The summed E-state index contributed by atoms with van der Waals surface area (Å²) in [4.78, 5) is 12.0. The van der Waals surface area contributed by atoms with Gasteiger partial charge >= 0.3 is 0 Å². The largest absolute Gasteiger partial charge is 0.381 e. The molecule has 0 amide bonds. The van der Waals surface area contributed by atoms with Crippen LogP contribution in [0.25, 0.3) is 0 Å². The normalized spacial score (nSPS) is 31.0. The molecule has 0 spiro atoms. The Kier molecular flexibility index (Phi) is 6.14. The number of nitrogens with one attached hydrogen (secondary N) is 1. The van der Waals surface area contributed by atoms with E-state index in [4.69, 9.17) is 4.74 Å². The first kappa shape index (κ1) is 17.0. The van der Waals surface area contributed by atoms with Crippen LogP contribution in [-0.2, 0) is 4.74 Å². The summed E-state index contributed by atoms with van der Waals surface area (Å²) in [5.41, 5.74) is 0. The van der Waals surface area contributed by atoms with Gasteiger partial charge in [0.1, 0.15) is 0 Å². The van der Waals surface area contributed by atoms with Crippen LogP contribution in [0.1, 0.15) is 19.3 Å². The van der Waals surface area contributed by atoms with Crippen molar-refractivity contribution in [3.63, 3.8) is 0 Å². The topological polar surface area (TPSA) is 43.3 Å². The molecule has 2 atom stereocenters. The van der Waals surface area contributed by atoms with Gasteiger partial charge in [-0.15, -0.1) is 0 Å². The molecule has 6 heteroatoms. The lowest BCUT2D eigenvalue weighted by Crippen LogP contribution is -2.54. The van der Waals surface area contributed by atoms with Crippen LogP contribution in [0.15, 0.2) is 4.99 Å². The number of ether oxygens (including phenoxy) is 1. The first-order valence-corrected chi connectivity index (χ1v) is 9.22. The fourth-order valence-electron chi connectivity index (χ4n) is 4.01. The molecule has 3 saturated heterocycles. The molecular formula is C17H33N5O. The Morgan fingerprint density at radius 2 is 2.00 bits per heavy atom. The highest BCUT2D eigenvalue weighted by molar-refractivity contribution is 5.80. The number of likely N-dealkylation sites (tertiary alicyclic amines) is 1. The maximum atomic E-state index is 5.49. The number of likely N-dealkylation sites (N-methyl/N-ethyl adjacent to an activating group) is 1. The maximum absolute atomic E-state index is 5.49. The lowest BCUT2D eigenvalue weighted by atomic mass is 10.1. The van der Waals surface area contributed by atoms with Crippen molar-refractivity contribution in [3.05, 3.63) is 0 Å². The van der Waals surface area contributed by atoms with Gasteiger partial charge in [-0.05, 0) is 38.8 Å².